The van der Waals surface area contributed by atoms with Gasteiger partial charge in [0.1, 0.15) is 6.04 Å². The van der Waals surface area contributed by atoms with Gasteiger partial charge in [-0.3, -0.25) is 9.59 Å². The Kier molecular flexibility index (Phi) is 9.76. The molecular weight excluding hydrogens is 463 g/mol. The molecule has 2 aromatic rings. The van der Waals surface area contributed by atoms with Gasteiger partial charge in [0.05, 0.1) is 5.75 Å². The largest absolute Gasteiger partial charge is 0.352 e. The van der Waals surface area contributed by atoms with Crippen molar-refractivity contribution >= 4 is 46.8 Å². The second-order valence-electron chi connectivity index (χ2n) is 8.11. The Morgan fingerprint density at radius 1 is 1.06 bits per heavy atom. The molecule has 32 heavy (non-hydrogen) atoms. The molecule has 0 spiro atoms. The number of rotatable bonds is 10. The van der Waals surface area contributed by atoms with Crippen LogP contribution in [0.3, 0.4) is 0 Å². The number of thioether (sulfide) groups is 1. The van der Waals surface area contributed by atoms with Crippen LogP contribution >= 0.6 is 35.0 Å². The van der Waals surface area contributed by atoms with Crippen LogP contribution in [0.2, 0.25) is 10.0 Å². The third kappa shape index (κ3) is 6.90. The topological polar surface area (TPSA) is 49.4 Å². The molecule has 1 fully saturated rings. The fourth-order valence-corrected chi connectivity index (χ4v) is 5.44. The second-order valence-corrected chi connectivity index (χ2v) is 9.91. The maximum atomic E-state index is 13.3. The molecule has 0 saturated heterocycles. The minimum atomic E-state index is -0.562. The van der Waals surface area contributed by atoms with Crippen molar-refractivity contribution in [2.75, 3.05) is 5.75 Å². The van der Waals surface area contributed by atoms with Crippen LogP contribution in [-0.4, -0.2) is 34.6 Å². The van der Waals surface area contributed by atoms with Crippen molar-refractivity contribution < 1.29 is 9.59 Å². The Morgan fingerprint density at radius 3 is 2.34 bits per heavy atom. The average molecular weight is 494 g/mol. The number of benzene rings is 2. The predicted molar refractivity (Wildman–Crippen MR) is 134 cm³/mol. The first-order valence-electron chi connectivity index (χ1n) is 11.1. The first-order chi connectivity index (χ1) is 15.5. The number of hydrogen-bond acceptors (Lipinski definition) is 3. The number of carbonyl (C=O) groups excluding carboxylic acids is 2. The summed E-state index contributed by atoms with van der Waals surface area (Å²) in [5.74, 6) is 0.835. The van der Waals surface area contributed by atoms with Crippen LogP contribution in [0, 0.1) is 0 Å². The molecule has 1 aliphatic rings. The lowest BCUT2D eigenvalue weighted by molar-refractivity contribution is -0.139. The van der Waals surface area contributed by atoms with E-state index in [2.05, 4.69) is 5.32 Å². The summed E-state index contributed by atoms with van der Waals surface area (Å²) in [7, 11) is 0. The molecule has 1 aliphatic carbocycles. The molecule has 0 unspecified atom stereocenters. The molecule has 1 atom stereocenters. The zero-order valence-electron chi connectivity index (χ0n) is 18.4. The lowest BCUT2D eigenvalue weighted by Gasteiger charge is -2.32. The summed E-state index contributed by atoms with van der Waals surface area (Å²) in [6, 6.07) is 15.0. The van der Waals surface area contributed by atoms with Crippen LogP contribution in [0.15, 0.2) is 48.5 Å². The van der Waals surface area contributed by atoms with Gasteiger partial charge in [0.15, 0.2) is 0 Å². The highest BCUT2D eigenvalue weighted by Gasteiger charge is 2.31. The Labute approximate surface area is 205 Å². The summed E-state index contributed by atoms with van der Waals surface area (Å²) in [5, 5.41) is 4.15. The monoisotopic (exact) mass is 492 g/mol. The molecule has 7 heteroatoms. The van der Waals surface area contributed by atoms with Crippen LogP contribution in [-0.2, 0) is 21.9 Å². The van der Waals surface area contributed by atoms with Crippen LogP contribution in [0.1, 0.15) is 50.2 Å². The summed E-state index contributed by atoms with van der Waals surface area (Å²) in [5.41, 5.74) is 1.83. The molecule has 3 rings (SSSR count). The van der Waals surface area contributed by atoms with E-state index in [1.807, 2.05) is 37.3 Å². The van der Waals surface area contributed by atoms with E-state index in [4.69, 9.17) is 23.2 Å². The van der Waals surface area contributed by atoms with Crippen molar-refractivity contribution in [3.8, 4) is 0 Å². The normalized spacial score (nSPS) is 14.8. The molecule has 2 aromatic carbocycles. The zero-order chi connectivity index (χ0) is 22.9. The highest BCUT2D eigenvalue weighted by molar-refractivity contribution is 7.99. The quantitative estimate of drug-likeness (QED) is 0.436. The fraction of sp³-hybridized carbons (Fsp3) is 0.440. The molecule has 4 nitrogen and oxygen atoms in total. The summed E-state index contributed by atoms with van der Waals surface area (Å²) in [4.78, 5) is 28.1. The van der Waals surface area contributed by atoms with Crippen LogP contribution < -0.4 is 5.32 Å². The molecular formula is C25H30Cl2N2O2S. The van der Waals surface area contributed by atoms with E-state index < -0.39 is 6.04 Å². The van der Waals surface area contributed by atoms with Gasteiger partial charge in [-0.25, -0.2) is 0 Å². The third-order valence-electron chi connectivity index (χ3n) is 5.81. The van der Waals surface area contributed by atoms with Gasteiger partial charge in [0.2, 0.25) is 11.8 Å². The number of carbonyl (C=O) groups is 2. The van der Waals surface area contributed by atoms with Crippen molar-refractivity contribution in [3.63, 3.8) is 0 Å². The molecule has 0 radical (unpaired) electrons. The van der Waals surface area contributed by atoms with Gasteiger partial charge < -0.3 is 10.2 Å². The van der Waals surface area contributed by atoms with Gasteiger partial charge in [0, 0.05) is 33.9 Å². The third-order valence-corrected chi connectivity index (χ3v) is 7.51. The smallest absolute Gasteiger partial charge is 0.243 e. The van der Waals surface area contributed by atoms with Gasteiger partial charge in [-0.15, -0.1) is 11.8 Å². The number of nitrogens with zero attached hydrogens (tertiary/aromatic N) is 1. The molecule has 172 valence electrons. The van der Waals surface area contributed by atoms with Crippen molar-refractivity contribution in [1.82, 2.24) is 10.2 Å². The zero-order valence-corrected chi connectivity index (χ0v) is 20.7. The molecule has 2 amide bonds. The van der Waals surface area contributed by atoms with Crippen molar-refractivity contribution in [2.24, 2.45) is 0 Å². The Balaban J connectivity index is 1.75. The van der Waals surface area contributed by atoms with E-state index in [1.165, 1.54) is 0 Å². The maximum Gasteiger partial charge on any atom is 0.243 e. The molecule has 0 aromatic heterocycles. The van der Waals surface area contributed by atoms with E-state index in [9.17, 15) is 9.59 Å². The minimum absolute atomic E-state index is 0.0876. The Bertz CT molecular complexity index is 884. The van der Waals surface area contributed by atoms with E-state index in [1.54, 1.807) is 34.9 Å². The summed E-state index contributed by atoms with van der Waals surface area (Å²) in [6.45, 7) is 2.14. The lowest BCUT2D eigenvalue weighted by Crippen LogP contribution is -2.51. The van der Waals surface area contributed by atoms with E-state index in [0.717, 1.165) is 37.0 Å². The number of hydrogen-bond donors (Lipinski definition) is 1. The molecule has 1 N–H and O–H groups in total. The molecule has 0 aliphatic heterocycles. The Morgan fingerprint density at radius 2 is 1.72 bits per heavy atom. The van der Waals surface area contributed by atoms with Gasteiger partial charge >= 0.3 is 0 Å². The van der Waals surface area contributed by atoms with Crippen LogP contribution in [0.5, 0.6) is 0 Å². The van der Waals surface area contributed by atoms with E-state index in [-0.39, 0.29) is 30.2 Å². The van der Waals surface area contributed by atoms with Crippen molar-refractivity contribution in [2.45, 2.75) is 63.4 Å². The van der Waals surface area contributed by atoms with Crippen LogP contribution in [0.4, 0.5) is 0 Å². The summed E-state index contributed by atoms with van der Waals surface area (Å²) < 4.78 is 0. The highest BCUT2D eigenvalue weighted by atomic mass is 35.5. The first-order valence-corrected chi connectivity index (χ1v) is 13.0. The van der Waals surface area contributed by atoms with Crippen molar-refractivity contribution in [3.05, 3.63) is 69.7 Å². The van der Waals surface area contributed by atoms with Crippen LogP contribution in [0.25, 0.3) is 0 Å². The number of halogens is 2. The summed E-state index contributed by atoms with van der Waals surface area (Å²) in [6.07, 6.45) is 4.79. The van der Waals surface area contributed by atoms with Gasteiger partial charge in [0.25, 0.3) is 0 Å². The van der Waals surface area contributed by atoms with Crippen molar-refractivity contribution in [1.29, 1.82) is 0 Å². The maximum absolute atomic E-state index is 13.3. The van der Waals surface area contributed by atoms with E-state index in [0.29, 0.717) is 22.0 Å². The number of amides is 2. The number of nitrogens with one attached hydrogen (secondary N) is 1. The van der Waals surface area contributed by atoms with Gasteiger partial charge in [-0.05, 0) is 37.0 Å². The lowest BCUT2D eigenvalue weighted by atomic mass is 10.1. The molecule has 1 saturated carbocycles. The Hall–Kier alpha value is -1.69. The minimum Gasteiger partial charge on any atom is -0.352 e. The summed E-state index contributed by atoms with van der Waals surface area (Å²) >= 11 is 14.3. The highest BCUT2D eigenvalue weighted by Crippen LogP contribution is 2.28. The molecule has 0 heterocycles. The fourth-order valence-electron chi connectivity index (χ4n) is 4.05. The first kappa shape index (κ1) is 24.9. The SMILES string of the molecule is CC[C@H](C(=O)NC1CCCC1)N(Cc1c(Cl)cccc1Cl)C(=O)CSCc1ccccc1. The van der Waals surface area contributed by atoms with Gasteiger partial charge in [-0.2, -0.15) is 0 Å². The standard InChI is InChI=1S/C25H30Cl2N2O2S/c1-2-23(25(31)28-19-11-6-7-12-19)29(15-20-21(26)13-8-14-22(20)27)24(30)17-32-16-18-9-4-3-5-10-18/h3-5,8-10,13-14,19,23H,2,6-7,11-12,15-17H2,1H3,(H,28,31)/t23-/m1/s1. The van der Waals surface area contributed by atoms with Gasteiger partial charge in [-0.1, -0.05) is 79.4 Å². The predicted octanol–water partition coefficient (Wildman–Crippen LogP) is 6.09. The average Bonchev–Trinajstić information content (AvgIpc) is 3.29. The molecule has 0 bridgehead atoms. The van der Waals surface area contributed by atoms with E-state index >= 15 is 0 Å². The second kappa shape index (κ2) is 12.5.